The number of hydrogen-bond acceptors (Lipinski definition) is 1. The fraction of sp³-hybridized carbons (Fsp3) is 0.0217. The van der Waals surface area contributed by atoms with Crippen LogP contribution in [0.3, 0.4) is 0 Å². The highest BCUT2D eigenvalue weighted by Crippen LogP contribution is 2.46. The molecule has 0 bridgehead atoms. The van der Waals surface area contributed by atoms with Gasteiger partial charge in [0, 0.05) is 5.56 Å². The van der Waals surface area contributed by atoms with Gasteiger partial charge < -0.3 is 0 Å². The van der Waals surface area contributed by atoms with Crippen LogP contribution in [0.2, 0.25) is 0 Å². The molecule has 1 heterocycles. The summed E-state index contributed by atoms with van der Waals surface area (Å²) in [7, 11) is 0. The molecule has 8 aromatic rings. The lowest BCUT2D eigenvalue weighted by Crippen LogP contribution is -2.11. The van der Waals surface area contributed by atoms with Crippen LogP contribution < -0.4 is 0 Å². The Bertz CT molecular complexity index is 2530. The summed E-state index contributed by atoms with van der Waals surface area (Å²) in [6.45, 7) is 0. The third-order valence-corrected chi connectivity index (χ3v) is 9.57. The van der Waals surface area contributed by atoms with E-state index >= 15 is 0 Å². The van der Waals surface area contributed by atoms with Gasteiger partial charge in [-0.15, -0.1) is 6.42 Å². The van der Waals surface area contributed by atoms with E-state index < -0.39 is 0 Å². The molecule has 0 fully saturated rings. The molecule has 8 aromatic carbocycles. The number of hydrogen-bond donors (Lipinski definition) is 0. The summed E-state index contributed by atoms with van der Waals surface area (Å²) in [5.41, 5.74) is 11.3. The van der Waals surface area contributed by atoms with Crippen LogP contribution in [0.15, 0.2) is 169 Å². The van der Waals surface area contributed by atoms with E-state index in [2.05, 4.69) is 158 Å². The topological polar surface area (TPSA) is 12.4 Å². The summed E-state index contributed by atoms with van der Waals surface area (Å²) in [5.74, 6) is 2.81. The number of nitrogens with zero attached hydrogens (tertiary/aromatic N) is 1. The zero-order chi connectivity index (χ0) is 31.3. The third-order valence-electron chi connectivity index (χ3n) is 9.57. The van der Waals surface area contributed by atoms with E-state index in [1.54, 1.807) is 0 Å². The predicted octanol–water partition coefficient (Wildman–Crippen LogP) is 11.7. The van der Waals surface area contributed by atoms with Crippen molar-refractivity contribution in [2.45, 2.75) is 5.92 Å². The SMILES string of the molecule is C#Cc1ccc2c(c1)N=C(c1cccc(-c3c4ccccc4c(-c4ccc5ccccc5c4)c4ccccc34)c1)C2c1ccccc1. The van der Waals surface area contributed by atoms with Gasteiger partial charge in [-0.25, -0.2) is 0 Å². The summed E-state index contributed by atoms with van der Waals surface area (Å²) in [6.07, 6.45) is 5.78. The lowest BCUT2D eigenvalue weighted by molar-refractivity contribution is 1.11. The highest BCUT2D eigenvalue weighted by Gasteiger charge is 2.30. The standard InChI is InChI=1S/C46H29N/c1-2-30-23-26-41-42(27-30)47-46(45(41)32-14-4-3-5-15-32)36-18-12-17-34(29-36)43-37-19-8-10-21-39(37)44(40-22-11-9-20-38(40)43)35-25-24-31-13-6-7-16-33(31)28-35/h1,3-29,45H. The van der Waals surface area contributed by atoms with Gasteiger partial charge in [-0.2, -0.15) is 0 Å². The van der Waals surface area contributed by atoms with Crippen molar-refractivity contribution in [2.24, 2.45) is 4.99 Å². The zero-order valence-corrected chi connectivity index (χ0v) is 25.7. The number of rotatable bonds is 4. The average molecular weight is 596 g/mol. The summed E-state index contributed by atoms with van der Waals surface area (Å²) in [5, 5.41) is 7.46. The Morgan fingerprint density at radius 1 is 0.468 bits per heavy atom. The Kier molecular flexibility index (Phi) is 6.34. The lowest BCUT2D eigenvalue weighted by atomic mass is 9.83. The summed E-state index contributed by atoms with van der Waals surface area (Å²) >= 11 is 0. The van der Waals surface area contributed by atoms with E-state index in [9.17, 15) is 0 Å². The molecule has 0 N–H and O–H groups in total. The van der Waals surface area contributed by atoms with Gasteiger partial charge in [0.25, 0.3) is 0 Å². The number of fused-ring (bicyclic) bond motifs is 4. The van der Waals surface area contributed by atoms with Crippen LogP contribution in [0, 0.1) is 12.3 Å². The van der Waals surface area contributed by atoms with Crippen molar-refractivity contribution in [1.29, 1.82) is 0 Å². The normalized spacial score (nSPS) is 13.9. The van der Waals surface area contributed by atoms with Crippen LogP contribution in [0.4, 0.5) is 5.69 Å². The predicted molar refractivity (Wildman–Crippen MR) is 199 cm³/mol. The molecule has 1 aliphatic rings. The molecule has 1 nitrogen and oxygen atoms in total. The first-order chi connectivity index (χ1) is 23.3. The second kappa shape index (κ2) is 11.0. The molecule has 0 spiro atoms. The first-order valence-electron chi connectivity index (χ1n) is 16.0. The third kappa shape index (κ3) is 4.46. The molecule has 1 unspecified atom stereocenters. The quantitative estimate of drug-likeness (QED) is 0.142. The van der Waals surface area contributed by atoms with Crippen LogP contribution in [-0.2, 0) is 0 Å². The van der Waals surface area contributed by atoms with Crippen molar-refractivity contribution in [1.82, 2.24) is 0 Å². The molecule has 0 amide bonds. The van der Waals surface area contributed by atoms with E-state index in [1.807, 2.05) is 12.1 Å². The maximum absolute atomic E-state index is 5.78. The minimum atomic E-state index is 0.0250. The van der Waals surface area contributed by atoms with Gasteiger partial charge in [0.15, 0.2) is 0 Å². The summed E-state index contributed by atoms with van der Waals surface area (Å²) in [6, 6.07) is 58.9. The molecular weight excluding hydrogens is 567 g/mol. The van der Waals surface area contributed by atoms with E-state index in [0.717, 1.165) is 22.5 Å². The summed E-state index contributed by atoms with van der Waals surface area (Å²) in [4.78, 5) is 5.25. The van der Waals surface area contributed by atoms with E-state index in [1.165, 1.54) is 65.7 Å². The van der Waals surface area contributed by atoms with Crippen LogP contribution in [0.5, 0.6) is 0 Å². The maximum Gasteiger partial charge on any atom is 0.0688 e. The molecule has 0 saturated carbocycles. The Labute approximate surface area is 274 Å². The largest absolute Gasteiger partial charge is 0.251 e. The minimum Gasteiger partial charge on any atom is -0.251 e. The van der Waals surface area contributed by atoms with Gasteiger partial charge in [-0.3, -0.25) is 4.99 Å². The van der Waals surface area contributed by atoms with Crippen LogP contribution >= 0.6 is 0 Å². The van der Waals surface area contributed by atoms with E-state index in [4.69, 9.17) is 11.4 Å². The highest BCUT2D eigenvalue weighted by molar-refractivity contribution is 6.22. The second-order valence-electron chi connectivity index (χ2n) is 12.2. The van der Waals surface area contributed by atoms with Gasteiger partial charge in [0.05, 0.1) is 17.3 Å². The zero-order valence-electron chi connectivity index (χ0n) is 25.7. The monoisotopic (exact) mass is 595 g/mol. The fourth-order valence-electron chi connectivity index (χ4n) is 7.46. The molecule has 0 saturated heterocycles. The molecule has 47 heavy (non-hydrogen) atoms. The van der Waals surface area contributed by atoms with Gasteiger partial charge in [-0.1, -0.05) is 145 Å². The van der Waals surface area contributed by atoms with Crippen molar-refractivity contribution >= 4 is 43.7 Å². The number of benzene rings is 8. The molecule has 0 radical (unpaired) electrons. The van der Waals surface area contributed by atoms with E-state index in [-0.39, 0.29) is 5.92 Å². The first kappa shape index (κ1) is 27.1. The summed E-state index contributed by atoms with van der Waals surface area (Å²) < 4.78 is 0. The number of aliphatic imine (C=N–C) groups is 1. The Morgan fingerprint density at radius 2 is 1.06 bits per heavy atom. The van der Waals surface area contributed by atoms with Crippen molar-refractivity contribution in [3.8, 4) is 34.6 Å². The highest BCUT2D eigenvalue weighted by atomic mass is 14.8. The molecule has 9 rings (SSSR count). The number of terminal acetylenes is 1. The minimum absolute atomic E-state index is 0.0250. The van der Waals surface area contributed by atoms with Crippen molar-refractivity contribution in [3.05, 3.63) is 186 Å². The molecular formula is C46H29N. The molecule has 218 valence electrons. The molecule has 0 aromatic heterocycles. The first-order valence-corrected chi connectivity index (χ1v) is 16.0. The molecule has 1 aliphatic heterocycles. The molecule has 1 heteroatoms. The Hall–Kier alpha value is -6.23. The molecule has 1 atom stereocenters. The second-order valence-corrected chi connectivity index (χ2v) is 12.2. The van der Waals surface area contributed by atoms with Gasteiger partial charge in [0.1, 0.15) is 0 Å². The van der Waals surface area contributed by atoms with Crippen molar-refractivity contribution in [2.75, 3.05) is 0 Å². The lowest BCUT2D eigenvalue weighted by Gasteiger charge is -2.19. The fourth-order valence-corrected chi connectivity index (χ4v) is 7.46. The van der Waals surface area contributed by atoms with E-state index in [0.29, 0.717) is 0 Å². The Balaban J connectivity index is 1.27. The van der Waals surface area contributed by atoms with Crippen LogP contribution in [0.1, 0.15) is 28.2 Å². The van der Waals surface area contributed by atoms with Crippen LogP contribution in [-0.4, -0.2) is 5.71 Å². The average Bonchev–Trinajstić information content (AvgIpc) is 3.53. The van der Waals surface area contributed by atoms with Gasteiger partial charge in [-0.05, 0) is 95.5 Å². The van der Waals surface area contributed by atoms with Crippen molar-refractivity contribution in [3.63, 3.8) is 0 Å². The Morgan fingerprint density at radius 3 is 1.74 bits per heavy atom. The molecule has 0 aliphatic carbocycles. The van der Waals surface area contributed by atoms with Gasteiger partial charge in [0.2, 0.25) is 0 Å². The smallest absolute Gasteiger partial charge is 0.0688 e. The maximum atomic E-state index is 5.78. The van der Waals surface area contributed by atoms with Gasteiger partial charge >= 0.3 is 0 Å². The van der Waals surface area contributed by atoms with Crippen LogP contribution in [0.25, 0.3) is 54.6 Å². The van der Waals surface area contributed by atoms with Crippen molar-refractivity contribution < 1.29 is 0 Å².